The number of hydrogen-bond donors (Lipinski definition) is 0. The van der Waals surface area contributed by atoms with Crippen molar-refractivity contribution in [3.8, 4) is 0 Å². The first kappa shape index (κ1) is 11.3. The van der Waals surface area contributed by atoms with Gasteiger partial charge in [0.1, 0.15) is 12.4 Å². The zero-order valence-electron chi connectivity index (χ0n) is 10.1. The lowest BCUT2D eigenvalue weighted by atomic mass is 10.2. The van der Waals surface area contributed by atoms with E-state index in [1.54, 1.807) is 12.3 Å². The van der Waals surface area contributed by atoms with Crippen molar-refractivity contribution in [2.24, 2.45) is 0 Å². The van der Waals surface area contributed by atoms with Gasteiger partial charge < -0.3 is 9.64 Å². The van der Waals surface area contributed by atoms with Crippen LogP contribution < -0.4 is 0 Å². The van der Waals surface area contributed by atoms with Crippen molar-refractivity contribution in [2.45, 2.75) is 25.4 Å². The van der Waals surface area contributed by atoms with Crippen LogP contribution in [0.5, 0.6) is 0 Å². The van der Waals surface area contributed by atoms with Crippen LogP contribution in [-0.4, -0.2) is 22.5 Å². The van der Waals surface area contributed by atoms with Gasteiger partial charge in [-0.25, -0.2) is 4.98 Å². The Morgan fingerprint density at radius 3 is 2.83 bits per heavy atom. The summed E-state index contributed by atoms with van der Waals surface area (Å²) in [5, 5.41) is 0. The number of hydrogen-bond acceptors (Lipinski definition) is 3. The highest BCUT2D eigenvalue weighted by Gasteiger charge is 2.32. The van der Waals surface area contributed by atoms with Gasteiger partial charge in [-0.15, -0.1) is 0 Å². The van der Waals surface area contributed by atoms with Gasteiger partial charge in [0.05, 0.1) is 5.70 Å². The topological polar surface area (TPSA) is 25.4 Å². The molecule has 0 atom stereocenters. The molecule has 3 rings (SSSR count). The van der Waals surface area contributed by atoms with Crippen molar-refractivity contribution >= 4 is 0 Å². The Balaban J connectivity index is 1.76. The van der Waals surface area contributed by atoms with Crippen LogP contribution in [0.4, 0.5) is 4.39 Å². The van der Waals surface area contributed by atoms with Gasteiger partial charge in [0.25, 0.3) is 0 Å². The first-order valence-electron chi connectivity index (χ1n) is 6.12. The first-order valence-corrected chi connectivity index (χ1v) is 6.12. The van der Waals surface area contributed by atoms with Crippen molar-refractivity contribution in [1.82, 2.24) is 9.88 Å². The van der Waals surface area contributed by atoms with E-state index in [0.717, 1.165) is 17.8 Å². The van der Waals surface area contributed by atoms with Crippen LogP contribution in [0.2, 0.25) is 0 Å². The summed E-state index contributed by atoms with van der Waals surface area (Å²) >= 11 is 0. The summed E-state index contributed by atoms with van der Waals surface area (Å²) < 4.78 is 18.2. The van der Waals surface area contributed by atoms with Crippen LogP contribution in [0.3, 0.4) is 0 Å². The second-order valence-electron chi connectivity index (χ2n) is 4.74. The molecule has 1 aliphatic heterocycles. The van der Waals surface area contributed by atoms with Gasteiger partial charge >= 0.3 is 0 Å². The average Bonchev–Trinajstić information content (AvgIpc) is 3.11. The number of pyridine rings is 1. The van der Waals surface area contributed by atoms with E-state index in [2.05, 4.69) is 16.5 Å². The minimum Gasteiger partial charge on any atom is -0.488 e. The number of nitrogens with zero attached hydrogens (tertiary/aromatic N) is 2. The summed E-state index contributed by atoms with van der Waals surface area (Å²) in [6.45, 7) is 5.14. The average molecular weight is 246 g/mol. The lowest BCUT2D eigenvalue weighted by molar-refractivity contribution is 0.227. The fraction of sp³-hybridized carbons (Fsp3) is 0.357. The van der Waals surface area contributed by atoms with Crippen molar-refractivity contribution < 1.29 is 9.13 Å². The van der Waals surface area contributed by atoms with Crippen molar-refractivity contribution in [3.05, 3.63) is 54.0 Å². The molecule has 2 heterocycles. The quantitative estimate of drug-likeness (QED) is 0.764. The summed E-state index contributed by atoms with van der Waals surface area (Å²) in [5.74, 6) is 0.279. The van der Waals surface area contributed by atoms with Gasteiger partial charge in [-0.1, -0.05) is 12.6 Å². The predicted octanol–water partition coefficient (Wildman–Crippen LogP) is 2.61. The molecular formula is C14H15FN2O. The van der Waals surface area contributed by atoms with E-state index in [-0.39, 0.29) is 0 Å². The third kappa shape index (κ3) is 2.37. The van der Waals surface area contributed by atoms with Crippen molar-refractivity contribution in [2.75, 3.05) is 6.61 Å². The van der Waals surface area contributed by atoms with Gasteiger partial charge in [0.15, 0.2) is 0 Å². The SMILES string of the molecule is C=C1C=C(N(Cc2ccc(F)nc2)C2CC2)CO1. The summed E-state index contributed by atoms with van der Waals surface area (Å²) in [5.41, 5.74) is 2.17. The molecule has 4 heteroatoms. The van der Waals surface area contributed by atoms with E-state index in [1.807, 2.05) is 6.08 Å². The normalized spacial score (nSPS) is 18.5. The molecule has 0 bridgehead atoms. The predicted molar refractivity (Wildman–Crippen MR) is 65.9 cm³/mol. The first-order chi connectivity index (χ1) is 8.72. The molecule has 1 aromatic rings. The van der Waals surface area contributed by atoms with Gasteiger partial charge in [-0.2, -0.15) is 4.39 Å². The lowest BCUT2D eigenvalue weighted by Crippen LogP contribution is -2.25. The van der Waals surface area contributed by atoms with Crippen molar-refractivity contribution in [1.29, 1.82) is 0 Å². The number of allylic oxidation sites excluding steroid dienone is 1. The van der Waals surface area contributed by atoms with Crippen LogP contribution in [0, 0.1) is 5.95 Å². The fourth-order valence-electron chi connectivity index (χ4n) is 2.15. The Kier molecular flexibility index (Phi) is 2.78. The monoisotopic (exact) mass is 246 g/mol. The van der Waals surface area contributed by atoms with Gasteiger partial charge in [-0.05, 0) is 24.5 Å². The summed E-state index contributed by atoms with van der Waals surface area (Å²) in [4.78, 5) is 6.00. The highest BCUT2D eigenvalue weighted by atomic mass is 19.1. The van der Waals surface area contributed by atoms with E-state index < -0.39 is 5.95 Å². The second kappa shape index (κ2) is 4.44. The van der Waals surface area contributed by atoms with E-state index in [1.165, 1.54) is 18.9 Å². The maximum atomic E-state index is 12.8. The standard InChI is InChI=1S/C14H15FN2O/c1-10-6-13(9-18-10)17(12-3-4-12)8-11-2-5-14(15)16-7-11/h2,5-7,12H,1,3-4,8-9H2. The summed E-state index contributed by atoms with van der Waals surface area (Å²) in [6.07, 6.45) is 5.99. The van der Waals surface area contributed by atoms with E-state index in [0.29, 0.717) is 18.4 Å². The largest absolute Gasteiger partial charge is 0.488 e. The van der Waals surface area contributed by atoms with E-state index in [4.69, 9.17) is 4.74 Å². The van der Waals surface area contributed by atoms with Crippen LogP contribution in [-0.2, 0) is 11.3 Å². The van der Waals surface area contributed by atoms with Gasteiger partial charge in [0.2, 0.25) is 5.95 Å². The summed E-state index contributed by atoms with van der Waals surface area (Å²) in [7, 11) is 0. The molecule has 2 aliphatic rings. The molecule has 0 N–H and O–H groups in total. The van der Waals surface area contributed by atoms with E-state index in [9.17, 15) is 4.39 Å². The Labute approximate surface area is 106 Å². The minimum absolute atomic E-state index is 0.437. The Morgan fingerprint density at radius 1 is 1.44 bits per heavy atom. The van der Waals surface area contributed by atoms with Crippen LogP contribution >= 0.6 is 0 Å². The highest BCUT2D eigenvalue weighted by molar-refractivity contribution is 5.24. The Morgan fingerprint density at radius 2 is 2.28 bits per heavy atom. The zero-order chi connectivity index (χ0) is 12.5. The molecule has 1 saturated carbocycles. The molecule has 0 aromatic carbocycles. The smallest absolute Gasteiger partial charge is 0.212 e. The third-order valence-corrected chi connectivity index (χ3v) is 3.23. The molecule has 0 unspecified atom stereocenters. The maximum Gasteiger partial charge on any atom is 0.212 e. The number of ether oxygens (including phenoxy) is 1. The number of rotatable bonds is 4. The van der Waals surface area contributed by atoms with E-state index >= 15 is 0 Å². The number of aromatic nitrogens is 1. The third-order valence-electron chi connectivity index (χ3n) is 3.23. The molecule has 0 amide bonds. The molecule has 1 fully saturated rings. The van der Waals surface area contributed by atoms with Crippen LogP contribution in [0.1, 0.15) is 18.4 Å². The van der Waals surface area contributed by atoms with Crippen molar-refractivity contribution in [3.63, 3.8) is 0 Å². The second-order valence-corrected chi connectivity index (χ2v) is 4.74. The molecule has 1 aromatic heterocycles. The van der Waals surface area contributed by atoms with Gasteiger partial charge in [-0.3, -0.25) is 0 Å². The summed E-state index contributed by atoms with van der Waals surface area (Å²) in [6, 6.07) is 3.76. The fourth-order valence-corrected chi connectivity index (χ4v) is 2.15. The van der Waals surface area contributed by atoms with Crippen LogP contribution in [0.25, 0.3) is 0 Å². The zero-order valence-corrected chi connectivity index (χ0v) is 10.1. The highest BCUT2D eigenvalue weighted by Crippen LogP contribution is 2.33. The lowest BCUT2D eigenvalue weighted by Gasteiger charge is -2.24. The Hall–Kier alpha value is -1.84. The molecule has 0 radical (unpaired) electrons. The molecule has 3 nitrogen and oxygen atoms in total. The number of halogens is 1. The molecule has 0 saturated heterocycles. The minimum atomic E-state index is -0.437. The Bertz CT molecular complexity index is 491. The van der Waals surface area contributed by atoms with Gasteiger partial charge in [0, 0.05) is 24.9 Å². The maximum absolute atomic E-state index is 12.8. The molecule has 18 heavy (non-hydrogen) atoms. The molecular weight excluding hydrogens is 231 g/mol. The molecule has 0 spiro atoms. The molecule has 94 valence electrons. The van der Waals surface area contributed by atoms with Crippen LogP contribution in [0.15, 0.2) is 42.4 Å². The molecule has 1 aliphatic carbocycles.